The summed E-state index contributed by atoms with van der Waals surface area (Å²) in [5.74, 6) is -0.933. The van der Waals surface area contributed by atoms with Crippen LogP contribution < -0.4 is 10.9 Å². The average Bonchev–Trinajstić information content (AvgIpc) is 2.40. The number of aromatic amines is 1. The maximum Gasteiger partial charge on any atom is 0.333 e. The Bertz CT molecular complexity index is 638. The van der Waals surface area contributed by atoms with E-state index in [1.54, 1.807) is 18.3 Å². The van der Waals surface area contributed by atoms with Crippen LogP contribution in [0.15, 0.2) is 34.4 Å². The van der Waals surface area contributed by atoms with E-state index in [2.05, 4.69) is 10.3 Å². The van der Waals surface area contributed by atoms with Crippen LogP contribution in [0.2, 0.25) is 0 Å². The van der Waals surface area contributed by atoms with Crippen LogP contribution in [0, 0.1) is 0 Å². The van der Waals surface area contributed by atoms with Gasteiger partial charge in [0.15, 0.2) is 0 Å². The number of allylic oxidation sites excluding steroid dienone is 3. The van der Waals surface area contributed by atoms with Gasteiger partial charge in [-0.05, 0) is 31.1 Å². The molecule has 0 unspecified atom stereocenters. The number of carboxylic acid groups (broad SMARTS) is 1. The second-order valence-corrected chi connectivity index (χ2v) is 4.46. The maximum absolute atomic E-state index is 11.5. The Hall–Kier alpha value is -2.30. The zero-order chi connectivity index (χ0) is 14.0. The van der Waals surface area contributed by atoms with Crippen LogP contribution in [0.3, 0.4) is 0 Å². The number of carboxylic acids is 1. The third kappa shape index (κ3) is 2.59. The first-order valence-corrected chi connectivity index (χ1v) is 6.13. The second kappa shape index (κ2) is 5.14. The lowest BCUT2D eigenvalue weighted by atomic mass is 9.98. The highest BCUT2D eigenvalue weighted by Crippen LogP contribution is 2.23. The minimum absolute atomic E-state index is 0.101. The van der Waals surface area contributed by atoms with Gasteiger partial charge in [-0.25, -0.2) is 4.79 Å². The van der Waals surface area contributed by atoms with E-state index in [-0.39, 0.29) is 5.56 Å². The molecule has 1 aromatic heterocycles. The largest absolute Gasteiger partial charge is 0.478 e. The van der Waals surface area contributed by atoms with Crippen LogP contribution in [0.25, 0.3) is 5.57 Å². The second-order valence-electron chi connectivity index (χ2n) is 4.46. The van der Waals surface area contributed by atoms with Gasteiger partial charge in [-0.1, -0.05) is 6.92 Å². The van der Waals surface area contributed by atoms with Crippen molar-refractivity contribution in [2.75, 3.05) is 6.54 Å². The van der Waals surface area contributed by atoms with Gasteiger partial charge in [0.1, 0.15) is 0 Å². The first-order chi connectivity index (χ1) is 9.02. The number of nitrogens with one attached hydrogen (secondary N) is 2. The molecule has 0 fully saturated rings. The Morgan fingerprint density at radius 3 is 2.84 bits per heavy atom. The zero-order valence-electron chi connectivity index (χ0n) is 10.9. The third-order valence-corrected chi connectivity index (χ3v) is 3.21. The number of dihydropyridines is 1. The summed E-state index contributed by atoms with van der Waals surface area (Å²) in [6.07, 6.45) is 3.91. The number of H-pyrrole nitrogens is 1. The lowest BCUT2D eigenvalue weighted by molar-refractivity contribution is -0.132. The molecular formula is C14H16N2O3. The molecular weight excluding hydrogens is 244 g/mol. The highest BCUT2D eigenvalue weighted by Gasteiger charge is 2.16. The summed E-state index contributed by atoms with van der Waals surface area (Å²) in [5, 5.41) is 12.1. The van der Waals surface area contributed by atoms with Gasteiger partial charge in [0.25, 0.3) is 5.56 Å². The summed E-state index contributed by atoms with van der Waals surface area (Å²) in [6.45, 7) is 4.11. The summed E-state index contributed by atoms with van der Waals surface area (Å²) in [4.78, 5) is 25.3. The van der Waals surface area contributed by atoms with Gasteiger partial charge in [0.2, 0.25) is 0 Å². The number of carbonyl (C=O) groups is 1. The van der Waals surface area contributed by atoms with Crippen molar-refractivity contribution in [3.63, 3.8) is 0 Å². The van der Waals surface area contributed by atoms with Crippen molar-refractivity contribution in [2.24, 2.45) is 0 Å². The highest BCUT2D eigenvalue weighted by molar-refractivity contribution is 5.93. The number of aromatic nitrogens is 1. The first kappa shape index (κ1) is 13.1. The van der Waals surface area contributed by atoms with E-state index in [1.165, 1.54) is 0 Å². The number of aliphatic carboxylic acids is 1. The topological polar surface area (TPSA) is 82.2 Å². The average molecular weight is 260 g/mol. The highest BCUT2D eigenvalue weighted by atomic mass is 16.4. The Balaban J connectivity index is 2.51. The predicted molar refractivity (Wildman–Crippen MR) is 72.8 cm³/mol. The maximum atomic E-state index is 11.5. The van der Waals surface area contributed by atoms with E-state index in [0.29, 0.717) is 24.1 Å². The standard InChI is InChI=1S/C14H16N2O3/c1-3-9-4-10(6-16-13(9)17)12-5-11(14(18)19)7-15-8(12)2/h4-6,15H,3,7H2,1-2H3,(H,16,17)(H,18,19). The van der Waals surface area contributed by atoms with Gasteiger partial charge in [-0.2, -0.15) is 0 Å². The molecule has 0 aliphatic carbocycles. The molecule has 0 saturated heterocycles. The molecule has 5 heteroatoms. The molecule has 2 heterocycles. The lowest BCUT2D eigenvalue weighted by Gasteiger charge is -2.18. The Morgan fingerprint density at radius 2 is 2.21 bits per heavy atom. The fraction of sp³-hybridized carbons (Fsp3) is 0.286. The van der Waals surface area contributed by atoms with E-state index in [0.717, 1.165) is 16.8 Å². The van der Waals surface area contributed by atoms with Crippen molar-refractivity contribution in [2.45, 2.75) is 20.3 Å². The molecule has 0 aromatic carbocycles. The monoisotopic (exact) mass is 260 g/mol. The summed E-state index contributed by atoms with van der Waals surface area (Å²) >= 11 is 0. The SMILES string of the molecule is CCc1cc(C2=C(C)NCC(C(=O)O)=C2)c[nH]c1=O. The van der Waals surface area contributed by atoms with E-state index >= 15 is 0 Å². The van der Waals surface area contributed by atoms with Gasteiger partial charge >= 0.3 is 5.97 Å². The summed E-state index contributed by atoms with van der Waals surface area (Å²) in [5.41, 5.74) is 3.42. The quantitative estimate of drug-likeness (QED) is 0.764. The van der Waals surface area contributed by atoms with Gasteiger partial charge in [0.05, 0.1) is 5.57 Å². The van der Waals surface area contributed by atoms with Crippen LogP contribution in [0.4, 0.5) is 0 Å². The van der Waals surface area contributed by atoms with E-state index in [9.17, 15) is 9.59 Å². The zero-order valence-corrected chi connectivity index (χ0v) is 10.9. The summed E-state index contributed by atoms with van der Waals surface area (Å²) < 4.78 is 0. The van der Waals surface area contributed by atoms with Gasteiger partial charge in [0, 0.05) is 29.6 Å². The van der Waals surface area contributed by atoms with Crippen LogP contribution in [0.5, 0.6) is 0 Å². The van der Waals surface area contributed by atoms with Crippen molar-refractivity contribution < 1.29 is 9.90 Å². The number of aryl methyl sites for hydroxylation is 1. The predicted octanol–water partition coefficient (Wildman–Crippen LogP) is 1.28. The van der Waals surface area contributed by atoms with Crippen LogP contribution in [0.1, 0.15) is 25.0 Å². The third-order valence-electron chi connectivity index (χ3n) is 3.21. The molecule has 1 aromatic rings. The van der Waals surface area contributed by atoms with Crippen LogP contribution >= 0.6 is 0 Å². The molecule has 0 saturated carbocycles. The lowest BCUT2D eigenvalue weighted by Crippen LogP contribution is -2.24. The van der Waals surface area contributed by atoms with Crippen molar-refractivity contribution in [3.05, 3.63) is 51.1 Å². The number of hydrogen-bond acceptors (Lipinski definition) is 3. The minimum atomic E-state index is -0.933. The minimum Gasteiger partial charge on any atom is -0.478 e. The van der Waals surface area contributed by atoms with E-state index in [4.69, 9.17) is 5.11 Å². The number of pyridine rings is 1. The van der Waals surface area contributed by atoms with Crippen molar-refractivity contribution in [1.29, 1.82) is 0 Å². The molecule has 1 aliphatic rings. The van der Waals surface area contributed by atoms with Crippen molar-refractivity contribution in [3.8, 4) is 0 Å². The molecule has 2 rings (SSSR count). The molecule has 0 spiro atoms. The Labute approximate surface area is 110 Å². The molecule has 3 N–H and O–H groups in total. The molecule has 1 aliphatic heterocycles. The number of hydrogen-bond donors (Lipinski definition) is 3. The summed E-state index contributed by atoms with van der Waals surface area (Å²) in [7, 11) is 0. The normalized spacial score (nSPS) is 14.9. The molecule has 5 nitrogen and oxygen atoms in total. The fourth-order valence-electron chi connectivity index (χ4n) is 2.04. The molecule has 19 heavy (non-hydrogen) atoms. The summed E-state index contributed by atoms with van der Waals surface area (Å²) in [6, 6.07) is 1.81. The molecule has 0 atom stereocenters. The van der Waals surface area contributed by atoms with E-state index < -0.39 is 5.97 Å². The Kier molecular flexibility index (Phi) is 3.55. The smallest absolute Gasteiger partial charge is 0.333 e. The molecule has 0 radical (unpaired) electrons. The van der Waals surface area contributed by atoms with Crippen LogP contribution in [-0.4, -0.2) is 22.6 Å². The molecule has 0 amide bonds. The van der Waals surface area contributed by atoms with Crippen molar-refractivity contribution >= 4 is 11.5 Å². The Morgan fingerprint density at radius 1 is 1.47 bits per heavy atom. The first-order valence-electron chi connectivity index (χ1n) is 6.13. The fourth-order valence-corrected chi connectivity index (χ4v) is 2.04. The van der Waals surface area contributed by atoms with Gasteiger partial charge in [-0.3, -0.25) is 4.79 Å². The molecule has 0 bridgehead atoms. The molecule has 100 valence electrons. The van der Waals surface area contributed by atoms with Crippen LogP contribution in [-0.2, 0) is 11.2 Å². The van der Waals surface area contributed by atoms with E-state index in [1.807, 2.05) is 13.8 Å². The van der Waals surface area contributed by atoms with Crippen molar-refractivity contribution in [1.82, 2.24) is 10.3 Å². The van der Waals surface area contributed by atoms with Gasteiger partial charge in [-0.15, -0.1) is 0 Å². The van der Waals surface area contributed by atoms with Gasteiger partial charge < -0.3 is 15.4 Å². The number of rotatable bonds is 3.